The lowest BCUT2D eigenvalue weighted by molar-refractivity contribution is -0.137. The second-order valence-electron chi connectivity index (χ2n) is 9.62. The third kappa shape index (κ3) is 8.62. The summed E-state index contributed by atoms with van der Waals surface area (Å²) < 4.78 is 39.9. The Morgan fingerprint density at radius 1 is 0.976 bits per heavy atom. The molecule has 0 bridgehead atoms. The highest BCUT2D eigenvalue weighted by Crippen LogP contribution is 2.34. The van der Waals surface area contributed by atoms with E-state index in [4.69, 9.17) is 16.7 Å². The number of nitrogens with zero attached hydrogens (tertiary/aromatic N) is 3. The van der Waals surface area contributed by atoms with E-state index in [1.165, 1.54) is 12.1 Å². The van der Waals surface area contributed by atoms with Crippen molar-refractivity contribution in [2.45, 2.75) is 12.7 Å². The van der Waals surface area contributed by atoms with E-state index in [0.717, 1.165) is 56.6 Å². The Bertz CT molecular complexity index is 1450. The molecule has 0 atom stereocenters. The highest BCUT2D eigenvalue weighted by molar-refractivity contribution is 9.10. The largest absolute Gasteiger partial charge is 0.417 e. The highest BCUT2D eigenvalue weighted by atomic mass is 79.9. The van der Waals surface area contributed by atoms with Gasteiger partial charge in [0.05, 0.1) is 34.7 Å². The molecular formula is C29H28BrClF3N5O3. The number of benzene rings is 3. The number of carbonyl (C=O) groups is 2. The minimum absolute atomic E-state index is 0.0854. The van der Waals surface area contributed by atoms with Crippen LogP contribution in [-0.4, -0.2) is 72.3 Å². The van der Waals surface area contributed by atoms with E-state index < -0.39 is 28.6 Å². The lowest BCUT2D eigenvalue weighted by Gasteiger charge is -2.34. The zero-order valence-electron chi connectivity index (χ0n) is 22.3. The molecule has 13 heteroatoms. The molecule has 1 saturated heterocycles. The van der Waals surface area contributed by atoms with Crippen LogP contribution in [0.3, 0.4) is 0 Å². The van der Waals surface area contributed by atoms with Crippen molar-refractivity contribution in [1.82, 2.24) is 15.2 Å². The quantitative estimate of drug-likeness (QED) is 0.214. The molecule has 42 heavy (non-hydrogen) atoms. The number of piperazine rings is 1. The molecule has 0 aromatic heterocycles. The molecule has 3 aromatic carbocycles. The first kappa shape index (κ1) is 31.6. The number of anilines is 1. The number of carbonyl (C=O) groups excluding carboxylic acids is 2. The summed E-state index contributed by atoms with van der Waals surface area (Å²) >= 11 is 8.95. The number of rotatable bonds is 9. The van der Waals surface area contributed by atoms with Gasteiger partial charge in [-0.2, -0.15) is 18.3 Å². The zero-order valence-corrected chi connectivity index (χ0v) is 24.6. The summed E-state index contributed by atoms with van der Waals surface area (Å²) in [5, 5.41) is 15.2. The van der Waals surface area contributed by atoms with E-state index in [1.807, 2.05) is 12.1 Å². The number of aliphatic hydroxyl groups excluding tert-OH is 1. The van der Waals surface area contributed by atoms with Gasteiger partial charge in [-0.3, -0.25) is 19.4 Å². The topological polar surface area (TPSA) is 97.3 Å². The molecule has 1 heterocycles. The standard InChI is InChI=1S/C29H28BrClF3N5O3/c30-22-6-8-26(23(16-22)28(42)37-35-17-20-3-7-25(31)24(15-20)29(32,33)34)36-27(41)21-4-1-19(2-5-21)18-39-11-9-38(10-12-39)13-14-40/h1-8,15-17,40H,9-14,18H2,(H,36,41)(H,37,42). The summed E-state index contributed by atoms with van der Waals surface area (Å²) in [7, 11) is 0. The summed E-state index contributed by atoms with van der Waals surface area (Å²) in [5.74, 6) is -1.10. The SMILES string of the molecule is O=C(Nc1ccc(Br)cc1C(=O)NN=Cc1ccc(Cl)c(C(F)(F)F)c1)c1ccc(CN2CCN(CCO)CC2)cc1. The number of aliphatic hydroxyl groups is 1. The Kier molecular flexibility index (Phi) is 10.7. The number of hydrazone groups is 1. The van der Waals surface area contributed by atoms with Crippen LogP contribution in [0.25, 0.3) is 0 Å². The van der Waals surface area contributed by atoms with E-state index in [-0.39, 0.29) is 23.4 Å². The van der Waals surface area contributed by atoms with E-state index in [2.05, 4.69) is 41.6 Å². The molecule has 1 fully saturated rings. The molecule has 4 rings (SSSR count). The van der Waals surface area contributed by atoms with Crippen molar-refractivity contribution in [2.24, 2.45) is 5.10 Å². The van der Waals surface area contributed by atoms with Crippen molar-refractivity contribution >= 4 is 51.2 Å². The smallest absolute Gasteiger partial charge is 0.395 e. The number of hydrogen-bond acceptors (Lipinski definition) is 6. The third-order valence-electron chi connectivity index (χ3n) is 6.65. The minimum atomic E-state index is -4.63. The summed E-state index contributed by atoms with van der Waals surface area (Å²) in [4.78, 5) is 30.4. The molecular weight excluding hydrogens is 639 g/mol. The molecule has 3 N–H and O–H groups in total. The van der Waals surface area contributed by atoms with Crippen molar-refractivity contribution in [3.8, 4) is 0 Å². The maximum Gasteiger partial charge on any atom is 0.417 e. The Hall–Kier alpha value is -3.29. The molecule has 0 unspecified atom stereocenters. The summed E-state index contributed by atoms with van der Waals surface area (Å²) in [6.45, 7) is 5.18. The van der Waals surface area contributed by atoms with Crippen molar-refractivity contribution in [2.75, 3.05) is 44.6 Å². The van der Waals surface area contributed by atoms with Crippen LogP contribution in [0.4, 0.5) is 18.9 Å². The van der Waals surface area contributed by atoms with E-state index in [9.17, 15) is 22.8 Å². The van der Waals surface area contributed by atoms with Gasteiger partial charge in [-0.15, -0.1) is 0 Å². The van der Waals surface area contributed by atoms with Gasteiger partial charge in [-0.1, -0.05) is 45.7 Å². The van der Waals surface area contributed by atoms with Gasteiger partial charge in [0.1, 0.15) is 0 Å². The zero-order chi connectivity index (χ0) is 30.3. The summed E-state index contributed by atoms with van der Waals surface area (Å²) in [5.41, 5.74) is 3.14. The second kappa shape index (κ2) is 14.3. The number of halogens is 5. The van der Waals surface area contributed by atoms with Crippen molar-refractivity contribution in [3.63, 3.8) is 0 Å². The van der Waals surface area contributed by atoms with Crippen LogP contribution in [0.15, 0.2) is 70.2 Å². The fourth-order valence-corrected chi connectivity index (χ4v) is 4.99. The normalized spacial score (nSPS) is 14.7. The van der Waals surface area contributed by atoms with Gasteiger partial charge >= 0.3 is 6.18 Å². The number of β-amino-alcohol motifs (C(OH)–C–C–N with tert-alkyl or cyclic N) is 1. The Morgan fingerprint density at radius 2 is 1.67 bits per heavy atom. The second-order valence-corrected chi connectivity index (χ2v) is 10.9. The van der Waals surface area contributed by atoms with Gasteiger partial charge in [-0.25, -0.2) is 5.43 Å². The first-order valence-electron chi connectivity index (χ1n) is 13.0. The highest BCUT2D eigenvalue weighted by Gasteiger charge is 2.33. The third-order valence-corrected chi connectivity index (χ3v) is 7.48. The lowest BCUT2D eigenvalue weighted by Crippen LogP contribution is -2.46. The molecule has 0 spiro atoms. The van der Waals surface area contributed by atoms with E-state index in [0.29, 0.717) is 16.6 Å². The molecule has 0 saturated carbocycles. The summed E-state index contributed by atoms with van der Waals surface area (Å²) in [6.07, 6.45) is -3.57. The molecule has 222 valence electrons. The van der Waals surface area contributed by atoms with Gasteiger partial charge < -0.3 is 10.4 Å². The van der Waals surface area contributed by atoms with Crippen LogP contribution in [0, 0.1) is 0 Å². The van der Waals surface area contributed by atoms with Gasteiger partial charge in [0.25, 0.3) is 11.8 Å². The van der Waals surface area contributed by atoms with E-state index >= 15 is 0 Å². The van der Waals surface area contributed by atoms with Crippen LogP contribution in [0.1, 0.15) is 37.4 Å². The maximum absolute atomic E-state index is 13.1. The summed E-state index contributed by atoms with van der Waals surface area (Å²) in [6, 6.07) is 15.2. The Balaban J connectivity index is 1.38. The maximum atomic E-state index is 13.1. The van der Waals surface area contributed by atoms with Crippen molar-refractivity contribution in [3.05, 3.63) is 98.0 Å². The fraction of sp³-hybridized carbons (Fsp3) is 0.276. The van der Waals surface area contributed by atoms with Gasteiger partial charge in [-0.05, 0) is 53.6 Å². The van der Waals surface area contributed by atoms with Crippen molar-refractivity contribution in [1.29, 1.82) is 0 Å². The molecule has 0 radical (unpaired) electrons. The molecule has 1 aliphatic rings. The van der Waals surface area contributed by atoms with Gasteiger partial charge in [0, 0.05) is 49.3 Å². The van der Waals surface area contributed by atoms with Gasteiger partial charge in [0.2, 0.25) is 0 Å². The first-order chi connectivity index (χ1) is 20.0. The average molecular weight is 667 g/mol. The molecule has 8 nitrogen and oxygen atoms in total. The van der Waals surface area contributed by atoms with Crippen LogP contribution in [0.2, 0.25) is 5.02 Å². The van der Waals surface area contributed by atoms with Crippen LogP contribution < -0.4 is 10.7 Å². The minimum Gasteiger partial charge on any atom is -0.395 e. The van der Waals surface area contributed by atoms with Crippen LogP contribution in [-0.2, 0) is 12.7 Å². The fourth-order valence-electron chi connectivity index (χ4n) is 4.41. The molecule has 1 aliphatic heterocycles. The number of hydrogen-bond donors (Lipinski definition) is 3. The number of amides is 2. The molecule has 0 aliphatic carbocycles. The Morgan fingerprint density at radius 3 is 2.33 bits per heavy atom. The average Bonchev–Trinajstić information content (AvgIpc) is 2.95. The molecule has 2 amide bonds. The monoisotopic (exact) mass is 665 g/mol. The number of nitrogens with one attached hydrogen (secondary N) is 2. The Labute approximate surface area is 254 Å². The predicted octanol–water partition coefficient (Wildman–Crippen LogP) is 5.25. The number of alkyl halides is 3. The lowest BCUT2D eigenvalue weighted by atomic mass is 10.1. The van der Waals surface area contributed by atoms with Gasteiger partial charge in [0.15, 0.2) is 0 Å². The van der Waals surface area contributed by atoms with Crippen molar-refractivity contribution < 1.29 is 27.9 Å². The predicted molar refractivity (Wildman–Crippen MR) is 159 cm³/mol. The first-order valence-corrected chi connectivity index (χ1v) is 14.2. The van der Waals surface area contributed by atoms with E-state index in [1.54, 1.807) is 24.3 Å². The van der Waals surface area contributed by atoms with Crippen LogP contribution in [0.5, 0.6) is 0 Å². The molecule has 3 aromatic rings. The van der Waals surface area contributed by atoms with Crippen LogP contribution >= 0.6 is 27.5 Å².